The molecule has 2 rings (SSSR count). The quantitative estimate of drug-likeness (QED) is 0.626. The topological polar surface area (TPSA) is 61.6 Å². The number of halogens is 1. The Hall–Kier alpha value is -1.17. The van der Waals surface area contributed by atoms with Crippen LogP contribution < -0.4 is 0 Å². The van der Waals surface area contributed by atoms with E-state index >= 15 is 0 Å². The standard InChI is InChI=1S/C12H14ClNO4/c1-2-12(14(15)16)7-17-11(18-8-12)9-3-5-10(13)6-4-9/h3-6,11H,2,7-8H2,1H3. The number of nitro groups is 1. The lowest BCUT2D eigenvalue weighted by atomic mass is 9.98. The van der Waals surface area contributed by atoms with Crippen LogP contribution in [0, 0.1) is 10.1 Å². The number of ether oxygens (including phenoxy) is 2. The highest BCUT2D eigenvalue weighted by Crippen LogP contribution is 2.30. The second-order valence-electron chi connectivity index (χ2n) is 4.34. The minimum atomic E-state index is -1.12. The molecule has 1 aromatic carbocycles. The zero-order chi connectivity index (χ0) is 13.2. The minimum absolute atomic E-state index is 0.0593. The zero-order valence-electron chi connectivity index (χ0n) is 9.97. The molecule has 0 atom stereocenters. The Labute approximate surface area is 110 Å². The van der Waals surface area contributed by atoms with E-state index in [-0.39, 0.29) is 18.1 Å². The molecule has 5 nitrogen and oxygen atoms in total. The van der Waals surface area contributed by atoms with Crippen LogP contribution in [0.2, 0.25) is 5.02 Å². The van der Waals surface area contributed by atoms with Crippen molar-refractivity contribution in [2.45, 2.75) is 25.2 Å². The monoisotopic (exact) mass is 271 g/mol. The molecule has 1 heterocycles. The van der Waals surface area contributed by atoms with Gasteiger partial charge in [-0.1, -0.05) is 30.7 Å². The average molecular weight is 272 g/mol. The van der Waals surface area contributed by atoms with Crippen molar-refractivity contribution >= 4 is 11.6 Å². The van der Waals surface area contributed by atoms with E-state index in [1.807, 2.05) is 0 Å². The molecular weight excluding hydrogens is 258 g/mol. The van der Waals surface area contributed by atoms with Crippen molar-refractivity contribution in [1.82, 2.24) is 0 Å². The molecule has 0 amide bonds. The van der Waals surface area contributed by atoms with E-state index in [9.17, 15) is 10.1 Å². The van der Waals surface area contributed by atoms with Gasteiger partial charge < -0.3 is 9.47 Å². The van der Waals surface area contributed by atoms with Gasteiger partial charge in [0.2, 0.25) is 0 Å². The summed E-state index contributed by atoms with van der Waals surface area (Å²) in [4.78, 5) is 10.7. The van der Waals surface area contributed by atoms with E-state index < -0.39 is 11.8 Å². The van der Waals surface area contributed by atoms with E-state index in [1.165, 1.54) is 0 Å². The van der Waals surface area contributed by atoms with E-state index in [0.717, 1.165) is 5.56 Å². The fraction of sp³-hybridized carbons (Fsp3) is 0.500. The molecule has 98 valence electrons. The van der Waals surface area contributed by atoms with Crippen molar-refractivity contribution in [1.29, 1.82) is 0 Å². The van der Waals surface area contributed by atoms with Crippen molar-refractivity contribution in [3.8, 4) is 0 Å². The fourth-order valence-corrected chi connectivity index (χ4v) is 1.93. The van der Waals surface area contributed by atoms with Crippen LogP contribution in [0.15, 0.2) is 24.3 Å². The molecule has 0 aromatic heterocycles. The van der Waals surface area contributed by atoms with Gasteiger partial charge in [-0.15, -0.1) is 0 Å². The van der Waals surface area contributed by atoms with Gasteiger partial charge in [-0.3, -0.25) is 10.1 Å². The summed E-state index contributed by atoms with van der Waals surface area (Å²) in [6.45, 7) is 1.88. The number of nitrogens with zero attached hydrogens (tertiary/aromatic N) is 1. The predicted octanol–water partition coefficient (Wildman–Crippen LogP) is 2.81. The Kier molecular flexibility index (Phi) is 3.85. The van der Waals surface area contributed by atoms with Crippen LogP contribution in [-0.2, 0) is 9.47 Å². The van der Waals surface area contributed by atoms with Gasteiger partial charge in [0.05, 0.1) is 0 Å². The first-order chi connectivity index (χ1) is 8.57. The summed E-state index contributed by atoms with van der Waals surface area (Å²) < 4.78 is 10.9. The first-order valence-electron chi connectivity index (χ1n) is 5.70. The summed E-state index contributed by atoms with van der Waals surface area (Å²) in [6.07, 6.45) is -0.172. The van der Waals surface area contributed by atoms with Gasteiger partial charge in [0.15, 0.2) is 6.29 Å². The zero-order valence-corrected chi connectivity index (χ0v) is 10.7. The fourth-order valence-electron chi connectivity index (χ4n) is 1.80. The molecule has 0 spiro atoms. The number of hydrogen-bond acceptors (Lipinski definition) is 4. The molecule has 6 heteroatoms. The van der Waals surface area contributed by atoms with Crippen LogP contribution >= 0.6 is 11.6 Å². The van der Waals surface area contributed by atoms with Crippen LogP contribution in [0.4, 0.5) is 0 Å². The highest BCUT2D eigenvalue weighted by molar-refractivity contribution is 6.30. The van der Waals surface area contributed by atoms with Crippen molar-refractivity contribution in [3.05, 3.63) is 45.0 Å². The van der Waals surface area contributed by atoms with Crippen molar-refractivity contribution < 1.29 is 14.4 Å². The Bertz CT molecular complexity index is 426. The smallest absolute Gasteiger partial charge is 0.267 e. The van der Waals surface area contributed by atoms with Gasteiger partial charge in [-0.05, 0) is 12.1 Å². The summed E-state index contributed by atoms with van der Waals surface area (Å²) >= 11 is 5.79. The Morgan fingerprint density at radius 1 is 1.39 bits per heavy atom. The second-order valence-corrected chi connectivity index (χ2v) is 4.78. The van der Waals surface area contributed by atoms with E-state index in [0.29, 0.717) is 11.4 Å². The number of benzene rings is 1. The van der Waals surface area contributed by atoms with Gasteiger partial charge >= 0.3 is 0 Å². The van der Waals surface area contributed by atoms with Crippen LogP contribution in [0.5, 0.6) is 0 Å². The SMILES string of the molecule is CCC1([N+](=O)[O-])COC(c2ccc(Cl)cc2)OC1. The maximum atomic E-state index is 11.0. The van der Waals surface area contributed by atoms with Crippen molar-refractivity contribution in [2.24, 2.45) is 0 Å². The van der Waals surface area contributed by atoms with Gasteiger partial charge in [-0.2, -0.15) is 0 Å². The maximum Gasteiger partial charge on any atom is 0.267 e. The molecule has 1 aliphatic rings. The first kappa shape index (κ1) is 13.3. The Balaban J connectivity index is 2.06. The second kappa shape index (κ2) is 5.22. The van der Waals surface area contributed by atoms with E-state index in [4.69, 9.17) is 21.1 Å². The average Bonchev–Trinajstić information content (AvgIpc) is 2.39. The number of hydrogen-bond donors (Lipinski definition) is 0. The van der Waals surface area contributed by atoms with Gasteiger partial charge in [0.25, 0.3) is 5.54 Å². The summed E-state index contributed by atoms with van der Waals surface area (Å²) in [7, 11) is 0. The summed E-state index contributed by atoms with van der Waals surface area (Å²) in [5, 5.41) is 11.7. The van der Waals surface area contributed by atoms with Gasteiger partial charge in [-0.25, -0.2) is 0 Å². The highest BCUT2D eigenvalue weighted by Gasteiger charge is 2.46. The van der Waals surface area contributed by atoms with Crippen molar-refractivity contribution in [2.75, 3.05) is 13.2 Å². The third-order valence-corrected chi connectivity index (χ3v) is 3.45. The molecule has 1 saturated heterocycles. The maximum absolute atomic E-state index is 11.0. The molecular formula is C12H14ClNO4. The predicted molar refractivity (Wildman–Crippen MR) is 66.1 cm³/mol. The molecule has 1 fully saturated rings. The minimum Gasteiger partial charge on any atom is -0.341 e. The molecule has 0 unspecified atom stereocenters. The summed E-state index contributed by atoms with van der Waals surface area (Å²) in [5.74, 6) is 0. The summed E-state index contributed by atoms with van der Waals surface area (Å²) in [5.41, 5.74) is -0.310. The molecule has 0 bridgehead atoms. The number of rotatable bonds is 3. The molecule has 0 N–H and O–H groups in total. The molecule has 0 saturated carbocycles. The summed E-state index contributed by atoms with van der Waals surface area (Å²) in [6, 6.07) is 7.05. The molecule has 18 heavy (non-hydrogen) atoms. The van der Waals surface area contributed by atoms with Crippen molar-refractivity contribution in [3.63, 3.8) is 0 Å². The third kappa shape index (κ3) is 2.48. The Morgan fingerprint density at radius 3 is 2.39 bits per heavy atom. The lowest BCUT2D eigenvalue weighted by molar-refractivity contribution is -0.592. The molecule has 1 aliphatic heterocycles. The first-order valence-corrected chi connectivity index (χ1v) is 6.08. The molecule has 0 aliphatic carbocycles. The van der Waals surface area contributed by atoms with Crippen LogP contribution in [0.25, 0.3) is 0 Å². The highest BCUT2D eigenvalue weighted by atomic mass is 35.5. The molecule has 0 radical (unpaired) electrons. The third-order valence-electron chi connectivity index (χ3n) is 3.19. The lowest BCUT2D eigenvalue weighted by Crippen LogP contribution is -2.50. The van der Waals surface area contributed by atoms with Gasteiger partial charge in [0, 0.05) is 21.9 Å². The normalized spacial score (nSPS) is 28.0. The largest absolute Gasteiger partial charge is 0.341 e. The van der Waals surface area contributed by atoms with E-state index in [1.54, 1.807) is 31.2 Å². The van der Waals surface area contributed by atoms with Crippen LogP contribution in [-0.4, -0.2) is 23.7 Å². The lowest BCUT2D eigenvalue weighted by Gasteiger charge is -2.33. The van der Waals surface area contributed by atoms with E-state index in [2.05, 4.69) is 0 Å². The Morgan fingerprint density at radius 2 is 1.94 bits per heavy atom. The van der Waals surface area contributed by atoms with Crippen LogP contribution in [0.3, 0.4) is 0 Å². The molecule has 1 aromatic rings. The van der Waals surface area contributed by atoms with Crippen LogP contribution in [0.1, 0.15) is 25.2 Å². The van der Waals surface area contributed by atoms with Gasteiger partial charge in [0.1, 0.15) is 13.2 Å².